The number of ether oxygens (including phenoxy) is 1. The quantitative estimate of drug-likeness (QED) is 0.269. The Morgan fingerprint density at radius 3 is 2.26 bits per heavy atom. The van der Waals surface area contributed by atoms with E-state index in [-0.39, 0.29) is 11.8 Å². The van der Waals surface area contributed by atoms with Crippen molar-refractivity contribution in [3.63, 3.8) is 0 Å². The van der Waals surface area contributed by atoms with E-state index >= 15 is 0 Å². The minimum absolute atomic E-state index is 0.220. The molecule has 1 aliphatic heterocycles. The molecular formula is C29H33Cl2N3O4S. The highest BCUT2D eigenvalue weighted by atomic mass is 35.5. The Kier molecular flexibility index (Phi) is 13.9. The fourth-order valence-electron chi connectivity index (χ4n) is 3.22. The molecule has 1 fully saturated rings. The fraction of sp³-hybridized carbons (Fsp3) is 0.241. The third-order valence-electron chi connectivity index (χ3n) is 5.38. The summed E-state index contributed by atoms with van der Waals surface area (Å²) < 4.78 is 7.50. The van der Waals surface area contributed by atoms with Crippen LogP contribution in [-0.4, -0.2) is 43.1 Å². The number of hydrogen-bond donors (Lipinski definition) is 3. The van der Waals surface area contributed by atoms with Crippen LogP contribution in [0, 0.1) is 6.92 Å². The van der Waals surface area contributed by atoms with Crippen molar-refractivity contribution in [1.82, 2.24) is 0 Å². The maximum atomic E-state index is 12.7. The maximum Gasteiger partial charge on any atom is 0.255 e. The first kappa shape index (κ1) is 32.2. The summed E-state index contributed by atoms with van der Waals surface area (Å²) in [5, 5.41) is 14.1. The number of carbonyl (C=O) groups is 2. The predicted molar refractivity (Wildman–Crippen MR) is 164 cm³/mol. The van der Waals surface area contributed by atoms with Gasteiger partial charge in [0.05, 0.1) is 13.2 Å². The summed E-state index contributed by atoms with van der Waals surface area (Å²) >= 11 is 12.9. The largest absolute Gasteiger partial charge is 0.400 e. The SMILES string of the molecule is C/C=C(\C)Cl.CO.Cc1ccc(NC(=O)c2ccc(N3CCOCS3)cc2)cc1NC(=O)c1cccc(Cl)c1. The molecule has 10 heteroatoms. The van der Waals surface area contributed by atoms with E-state index in [0.717, 1.165) is 29.9 Å². The van der Waals surface area contributed by atoms with Gasteiger partial charge in [0.15, 0.2) is 0 Å². The van der Waals surface area contributed by atoms with Gasteiger partial charge in [0.1, 0.15) is 5.94 Å². The molecule has 0 atom stereocenters. The van der Waals surface area contributed by atoms with Gasteiger partial charge >= 0.3 is 0 Å². The van der Waals surface area contributed by atoms with Crippen LogP contribution in [0.2, 0.25) is 5.02 Å². The Labute approximate surface area is 244 Å². The number of amides is 2. The third-order valence-corrected chi connectivity index (χ3v) is 6.81. The van der Waals surface area contributed by atoms with E-state index in [4.69, 9.17) is 33.0 Å². The highest BCUT2D eigenvalue weighted by molar-refractivity contribution is 8.00. The number of aliphatic hydroxyl groups is 1. The Morgan fingerprint density at radius 2 is 1.67 bits per heavy atom. The van der Waals surface area contributed by atoms with Crippen LogP contribution in [0.1, 0.15) is 40.1 Å². The van der Waals surface area contributed by atoms with E-state index in [1.54, 1.807) is 60.5 Å². The summed E-state index contributed by atoms with van der Waals surface area (Å²) in [4.78, 5) is 25.3. The van der Waals surface area contributed by atoms with Gasteiger partial charge in [-0.15, -0.1) is 0 Å². The van der Waals surface area contributed by atoms with Crippen LogP contribution in [0.3, 0.4) is 0 Å². The summed E-state index contributed by atoms with van der Waals surface area (Å²) in [7, 11) is 1.00. The van der Waals surface area contributed by atoms with E-state index in [1.165, 1.54) is 0 Å². The zero-order valence-electron chi connectivity index (χ0n) is 22.3. The molecule has 208 valence electrons. The van der Waals surface area contributed by atoms with Crippen LogP contribution in [0.5, 0.6) is 0 Å². The minimum Gasteiger partial charge on any atom is -0.400 e. The van der Waals surface area contributed by atoms with Gasteiger partial charge in [0, 0.05) is 45.4 Å². The van der Waals surface area contributed by atoms with Crippen LogP contribution in [0.15, 0.2) is 77.8 Å². The van der Waals surface area contributed by atoms with Crippen molar-refractivity contribution in [3.8, 4) is 0 Å². The number of aryl methyl sites for hydroxylation is 1. The van der Waals surface area contributed by atoms with Gasteiger partial charge in [-0.1, -0.05) is 41.4 Å². The monoisotopic (exact) mass is 589 g/mol. The number of rotatable bonds is 5. The molecular weight excluding hydrogens is 557 g/mol. The molecule has 0 bridgehead atoms. The van der Waals surface area contributed by atoms with Crippen LogP contribution in [0.25, 0.3) is 0 Å². The number of nitrogens with zero attached hydrogens (tertiary/aromatic N) is 1. The van der Waals surface area contributed by atoms with E-state index in [9.17, 15) is 9.59 Å². The van der Waals surface area contributed by atoms with Gasteiger partial charge in [-0.3, -0.25) is 9.59 Å². The van der Waals surface area contributed by atoms with Crippen molar-refractivity contribution >= 4 is 64.0 Å². The zero-order chi connectivity index (χ0) is 28.8. The highest BCUT2D eigenvalue weighted by Gasteiger charge is 2.14. The molecule has 39 heavy (non-hydrogen) atoms. The Balaban J connectivity index is 0.000000686. The van der Waals surface area contributed by atoms with Crippen LogP contribution < -0.4 is 14.9 Å². The third kappa shape index (κ3) is 10.6. The molecule has 0 saturated carbocycles. The molecule has 4 rings (SSSR count). The van der Waals surface area contributed by atoms with Crippen LogP contribution in [-0.2, 0) is 4.74 Å². The minimum atomic E-state index is -0.268. The molecule has 0 aliphatic carbocycles. The lowest BCUT2D eigenvalue weighted by Gasteiger charge is -2.27. The number of carbonyl (C=O) groups excluding carboxylic acids is 2. The molecule has 0 unspecified atom stereocenters. The molecule has 0 aromatic heterocycles. The summed E-state index contributed by atoms with van der Waals surface area (Å²) in [6.07, 6.45) is 1.85. The molecule has 1 heterocycles. The first-order chi connectivity index (χ1) is 18.8. The number of aliphatic hydroxyl groups excluding tert-OH is 1. The number of hydrogen-bond acceptors (Lipinski definition) is 6. The van der Waals surface area contributed by atoms with Crippen molar-refractivity contribution < 1.29 is 19.4 Å². The van der Waals surface area contributed by atoms with E-state index in [0.29, 0.717) is 40.1 Å². The Morgan fingerprint density at radius 1 is 1.00 bits per heavy atom. The van der Waals surface area contributed by atoms with Gasteiger partial charge in [-0.2, -0.15) is 0 Å². The lowest BCUT2D eigenvalue weighted by molar-refractivity contribution is 0.101. The average Bonchev–Trinajstić information content (AvgIpc) is 2.96. The second kappa shape index (κ2) is 16.8. The molecule has 0 radical (unpaired) electrons. The lowest BCUT2D eigenvalue weighted by Crippen LogP contribution is -2.26. The van der Waals surface area contributed by atoms with Gasteiger partial charge in [-0.25, -0.2) is 0 Å². The molecule has 3 aromatic carbocycles. The topological polar surface area (TPSA) is 90.9 Å². The predicted octanol–water partition coefficient (Wildman–Crippen LogP) is 7.35. The smallest absolute Gasteiger partial charge is 0.255 e. The maximum absolute atomic E-state index is 12.7. The van der Waals surface area contributed by atoms with Crippen molar-refractivity contribution in [1.29, 1.82) is 0 Å². The Bertz CT molecular complexity index is 1260. The van der Waals surface area contributed by atoms with Crippen LogP contribution >= 0.6 is 35.1 Å². The number of allylic oxidation sites excluding steroid dienone is 2. The summed E-state index contributed by atoms with van der Waals surface area (Å²) in [5.74, 6) is 0.143. The first-order valence-electron chi connectivity index (χ1n) is 12.1. The van der Waals surface area contributed by atoms with Crippen molar-refractivity contribution in [2.24, 2.45) is 0 Å². The highest BCUT2D eigenvalue weighted by Crippen LogP contribution is 2.26. The molecule has 7 nitrogen and oxygen atoms in total. The molecule has 3 aromatic rings. The fourth-order valence-corrected chi connectivity index (χ4v) is 4.20. The van der Waals surface area contributed by atoms with E-state index in [2.05, 4.69) is 14.9 Å². The summed E-state index contributed by atoms with van der Waals surface area (Å²) in [6, 6.07) is 19.6. The standard InChI is InChI=1S/C24H22ClN3O3S.C4H7Cl.CH4O/c1-16-5-8-20(14-22(16)27-24(30)18-3-2-4-19(25)13-18)26-23(29)17-6-9-21(10-7-17)28-11-12-31-15-32-28;1-3-4(2)5;1-2/h2-10,13-14H,11-12,15H2,1H3,(H,26,29)(H,27,30);3H,1-2H3;2H,1H3/b;4-3+;. The van der Waals surface area contributed by atoms with E-state index < -0.39 is 0 Å². The molecule has 0 spiro atoms. The summed E-state index contributed by atoms with van der Waals surface area (Å²) in [6.45, 7) is 7.15. The summed E-state index contributed by atoms with van der Waals surface area (Å²) in [5.41, 5.74) is 4.14. The number of halogens is 2. The van der Waals surface area contributed by atoms with Gasteiger partial charge in [-0.05, 0) is 92.9 Å². The van der Waals surface area contributed by atoms with Gasteiger partial charge in [0.2, 0.25) is 0 Å². The average molecular weight is 591 g/mol. The molecule has 1 saturated heterocycles. The number of benzene rings is 3. The van der Waals surface area contributed by atoms with E-state index in [1.807, 2.05) is 45.0 Å². The second-order valence-electron chi connectivity index (χ2n) is 8.13. The van der Waals surface area contributed by atoms with Gasteiger partial charge < -0.3 is 24.8 Å². The number of nitrogens with one attached hydrogen (secondary N) is 2. The van der Waals surface area contributed by atoms with Crippen molar-refractivity contribution in [3.05, 3.63) is 99.6 Å². The lowest BCUT2D eigenvalue weighted by atomic mass is 10.1. The molecule has 3 N–H and O–H groups in total. The number of anilines is 3. The second-order valence-corrected chi connectivity index (χ2v) is 10.1. The normalized spacial score (nSPS) is 12.8. The molecule has 1 aliphatic rings. The van der Waals surface area contributed by atoms with Crippen molar-refractivity contribution in [2.45, 2.75) is 20.8 Å². The Hall–Kier alpha value is -3.01. The molecule has 2 amide bonds. The van der Waals surface area contributed by atoms with Crippen molar-refractivity contribution in [2.75, 3.05) is 41.1 Å². The van der Waals surface area contributed by atoms with Crippen LogP contribution in [0.4, 0.5) is 17.1 Å². The van der Waals surface area contributed by atoms with Gasteiger partial charge in [0.25, 0.3) is 11.8 Å². The first-order valence-corrected chi connectivity index (χ1v) is 13.8. The zero-order valence-corrected chi connectivity index (χ0v) is 24.7.